The van der Waals surface area contributed by atoms with E-state index in [4.69, 9.17) is 19.3 Å². The van der Waals surface area contributed by atoms with Crippen LogP contribution >= 0.6 is 0 Å². The Balaban J connectivity index is 1.99. The number of benzene rings is 1. The molecule has 150 valence electrons. The molecule has 27 heavy (non-hydrogen) atoms. The van der Waals surface area contributed by atoms with Crippen LogP contribution in [-0.2, 0) is 9.53 Å². The van der Waals surface area contributed by atoms with Gasteiger partial charge in [-0.1, -0.05) is 13.8 Å². The van der Waals surface area contributed by atoms with Crippen molar-refractivity contribution in [3.63, 3.8) is 0 Å². The van der Waals surface area contributed by atoms with Gasteiger partial charge in [0.25, 0.3) is 5.91 Å². The second kappa shape index (κ2) is 10.2. The molecule has 1 aromatic rings. The average molecular weight is 379 g/mol. The number of likely N-dealkylation sites (tertiary alicyclic amines) is 1. The zero-order valence-electron chi connectivity index (χ0n) is 16.3. The molecule has 0 aromatic heterocycles. The van der Waals surface area contributed by atoms with Gasteiger partial charge in [0.05, 0.1) is 12.7 Å². The maximum atomic E-state index is 12.8. The molecular weight excluding hydrogens is 350 g/mol. The van der Waals surface area contributed by atoms with Crippen molar-refractivity contribution in [3.05, 3.63) is 23.8 Å². The number of carboxylic acid groups (broad SMARTS) is 1. The number of hydrogen-bond acceptors (Lipinski definition) is 5. The van der Waals surface area contributed by atoms with E-state index in [1.54, 1.807) is 23.1 Å². The van der Waals surface area contributed by atoms with Crippen LogP contribution in [0.15, 0.2) is 18.2 Å². The van der Waals surface area contributed by atoms with Crippen LogP contribution in [0.5, 0.6) is 11.5 Å². The van der Waals surface area contributed by atoms with Crippen molar-refractivity contribution in [2.24, 2.45) is 5.92 Å². The summed E-state index contributed by atoms with van der Waals surface area (Å²) in [4.78, 5) is 25.3. The minimum atomic E-state index is -1.07. The Morgan fingerprint density at radius 1 is 1.26 bits per heavy atom. The highest BCUT2D eigenvalue weighted by atomic mass is 16.5. The molecule has 1 aliphatic rings. The van der Waals surface area contributed by atoms with Gasteiger partial charge in [-0.25, -0.2) is 4.79 Å². The van der Waals surface area contributed by atoms with Crippen LogP contribution in [-0.4, -0.2) is 60.9 Å². The van der Waals surface area contributed by atoms with Crippen LogP contribution in [0.2, 0.25) is 0 Å². The molecule has 1 fully saturated rings. The van der Waals surface area contributed by atoms with Gasteiger partial charge in [0.2, 0.25) is 0 Å². The number of nitrogens with zero attached hydrogens (tertiary/aromatic N) is 1. The zero-order chi connectivity index (χ0) is 19.8. The van der Waals surface area contributed by atoms with Gasteiger partial charge in [0.15, 0.2) is 18.1 Å². The summed E-state index contributed by atoms with van der Waals surface area (Å²) in [6.45, 7) is 8.01. The van der Waals surface area contributed by atoms with Crippen LogP contribution in [0.3, 0.4) is 0 Å². The van der Waals surface area contributed by atoms with E-state index in [2.05, 4.69) is 13.8 Å². The van der Waals surface area contributed by atoms with Gasteiger partial charge in [0.1, 0.15) is 0 Å². The van der Waals surface area contributed by atoms with Crippen LogP contribution in [0.4, 0.5) is 0 Å². The van der Waals surface area contributed by atoms with Gasteiger partial charge in [-0.15, -0.1) is 0 Å². The summed E-state index contributed by atoms with van der Waals surface area (Å²) < 4.78 is 16.6. The molecule has 1 N–H and O–H groups in total. The van der Waals surface area contributed by atoms with Crippen LogP contribution < -0.4 is 9.47 Å². The highest BCUT2D eigenvalue weighted by Gasteiger charge is 2.28. The minimum Gasteiger partial charge on any atom is -0.490 e. The van der Waals surface area contributed by atoms with Crippen molar-refractivity contribution >= 4 is 11.9 Å². The largest absolute Gasteiger partial charge is 0.490 e. The van der Waals surface area contributed by atoms with Gasteiger partial charge >= 0.3 is 5.97 Å². The topological polar surface area (TPSA) is 85.3 Å². The number of carbonyl (C=O) groups is 2. The molecule has 1 amide bonds. The molecule has 1 aliphatic heterocycles. The molecule has 1 atom stereocenters. The third-order valence-electron chi connectivity index (χ3n) is 4.32. The first-order valence-corrected chi connectivity index (χ1v) is 9.43. The fourth-order valence-electron chi connectivity index (χ4n) is 2.87. The number of hydrogen-bond donors (Lipinski definition) is 1. The summed E-state index contributed by atoms with van der Waals surface area (Å²) in [6.07, 6.45) is 1.93. The molecule has 7 heteroatoms. The molecule has 7 nitrogen and oxygen atoms in total. The van der Waals surface area contributed by atoms with E-state index < -0.39 is 12.6 Å². The maximum Gasteiger partial charge on any atom is 0.341 e. The Hall–Kier alpha value is -2.28. The molecule has 0 bridgehead atoms. The third kappa shape index (κ3) is 6.43. The molecule has 1 aromatic carbocycles. The molecule has 1 unspecified atom stereocenters. The van der Waals surface area contributed by atoms with Crippen LogP contribution in [0.1, 0.15) is 44.0 Å². The smallest absolute Gasteiger partial charge is 0.341 e. The normalized spacial score (nSPS) is 16.6. The van der Waals surface area contributed by atoms with Crippen LogP contribution in [0, 0.1) is 5.92 Å². The summed E-state index contributed by atoms with van der Waals surface area (Å²) in [5.41, 5.74) is 0.490. The fraction of sp³-hybridized carbons (Fsp3) is 0.600. The number of rotatable bonds is 10. The number of ether oxygens (including phenoxy) is 3. The lowest BCUT2D eigenvalue weighted by Crippen LogP contribution is -2.30. The molecule has 0 aliphatic carbocycles. The van der Waals surface area contributed by atoms with E-state index in [0.29, 0.717) is 49.3 Å². The Labute approximate surface area is 160 Å². The van der Waals surface area contributed by atoms with Crippen molar-refractivity contribution < 1.29 is 28.9 Å². The second-order valence-electron chi connectivity index (χ2n) is 6.99. The van der Waals surface area contributed by atoms with Gasteiger partial charge in [-0.3, -0.25) is 4.79 Å². The summed E-state index contributed by atoms with van der Waals surface area (Å²) in [6, 6.07) is 4.82. The second-order valence-corrected chi connectivity index (χ2v) is 6.99. The van der Waals surface area contributed by atoms with Gasteiger partial charge < -0.3 is 24.2 Å². The molecular formula is C20H29NO6. The SMILES string of the molecule is CCOc1cc(C(=O)N2CCC(OCCC(C)C)C2)ccc1OCC(=O)O. The predicted molar refractivity (Wildman–Crippen MR) is 100 cm³/mol. The lowest BCUT2D eigenvalue weighted by atomic mass is 10.1. The maximum absolute atomic E-state index is 12.8. The van der Waals surface area contributed by atoms with E-state index in [-0.39, 0.29) is 12.0 Å². The van der Waals surface area contributed by atoms with E-state index >= 15 is 0 Å². The monoisotopic (exact) mass is 379 g/mol. The van der Waals surface area contributed by atoms with Crippen molar-refractivity contribution in [2.75, 3.05) is 32.9 Å². The van der Waals surface area contributed by atoms with E-state index in [0.717, 1.165) is 12.8 Å². The predicted octanol–water partition coefficient (Wildman–Crippen LogP) is 2.83. The number of aliphatic carboxylic acids is 1. The first kappa shape index (κ1) is 21.0. The lowest BCUT2D eigenvalue weighted by Gasteiger charge is -2.18. The summed E-state index contributed by atoms with van der Waals surface area (Å²) in [7, 11) is 0. The average Bonchev–Trinajstić information content (AvgIpc) is 3.08. The first-order chi connectivity index (χ1) is 12.9. The zero-order valence-corrected chi connectivity index (χ0v) is 16.3. The number of carboxylic acids is 1. The third-order valence-corrected chi connectivity index (χ3v) is 4.32. The molecule has 0 saturated carbocycles. The minimum absolute atomic E-state index is 0.0808. The van der Waals surface area contributed by atoms with Gasteiger partial charge in [-0.2, -0.15) is 0 Å². The Kier molecular flexibility index (Phi) is 7.91. The quantitative estimate of drug-likeness (QED) is 0.673. The molecule has 2 rings (SSSR count). The van der Waals surface area contributed by atoms with Crippen LogP contribution in [0.25, 0.3) is 0 Å². The number of amides is 1. The van der Waals surface area contributed by atoms with Gasteiger partial charge in [0, 0.05) is 25.3 Å². The van der Waals surface area contributed by atoms with Crippen molar-refractivity contribution in [2.45, 2.75) is 39.7 Å². The lowest BCUT2D eigenvalue weighted by molar-refractivity contribution is -0.139. The van der Waals surface area contributed by atoms with E-state index in [9.17, 15) is 9.59 Å². The Bertz CT molecular complexity index is 645. The van der Waals surface area contributed by atoms with Gasteiger partial charge in [-0.05, 0) is 43.9 Å². The molecule has 0 radical (unpaired) electrons. The fourth-order valence-corrected chi connectivity index (χ4v) is 2.87. The molecule has 1 saturated heterocycles. The first-order valence-electron chi connectivity index (χ1n) is 9.43. The Morgan fingerprint density at radius 3 is 2.70 bits per heavy atom. The molecule has 0 spiro atoms. The summed E-state index contributed by atoms with van der Waals surface area (Å²) in [5.74, 6) is 0.123. The van der Waals surface area contributed by atoms with E-state index in [1.807, 2.05) is 6.92 Å². The Morgan fingerprint density at radius 2 is 2.04 bits per heavy atom. The van der Waals surface area contributed by atoms with E-state index in [1.165, 1.54) is 0 Å². The standard InChI is InChI=1S/C20H29NO6/c1-4-25-18-11-15(5-6-17(18)27-13-19(22)23)20(24)21-9-7-16(12-21)26-10-8-14(2)3/h5-6,11,14,16H,4,7-10,12-13H2,1-3H3,(H,22,23). The summed E-state index contributed by atoms with van der Waals surface area (Å²) >= 11 is 0. The van der Waals surface area contributed by atoms with Crippen molar-refractivity contribution in [1.29, 1.82) is 0 Å². The summed E-state index contributed by atoms with van der Waals surface area (Å²) in [5, 5.41) is 8.76. The number of carbonyl (C=O) groups excluding carboxylic acids is 1. The molecule has 1 heterocycles. The van der Waals surface area contributed by atoms with Crippen molar-refractivity contribution in [3.8, 4) is 11.5 Å². The highest BCUT2D eigenvalue weighted by Crippen LogP contribution is 2.29. The highest BCUT2D eigenvalue weighted by molar-refractivity contribution is 5.95. The van der Waals surface area contributed by atoms with Crippen molar-refractivity contribution in [1.82, 2.24) is 4.90 Å².